The zero-order chi connectivity index (χ0) is 13.9. The van der Waals surface area contributed by atoms with Crippen molar-refractivity contribution >= 4 is 5.91 Å². The van der Waals surface area contributed by atoms with E-state index in [1.54, 1.807) is 0 Å². The average Bonchev–Trinajstić information content (AvgIpc) is 2.46. The number of carbonyl (C=O) groups excluding carboxylic acids is 1. The summed E-state index contributed by atoms with van der Waals surface area (Å²) in [6.45, 7) is 4.88. The molecule has 0 unspecified atom stereocenters. The van der Waals surface area contributed by atoms with E-state index in [0.717, 1.165) is 45.3 Å². The van der Waals surface area contributed by atoms with Gasteiger partial charge in [-0.2, -0.15) is 0 Å². The second kappa shape index (κ2) is 10.2. The molecule has 0 radical (unpaired) electrons. The third-order valence-corrected chi connectivity index (χ3v) is 4.29. The molecule has 1 fully saturated rings. The van der Waals surface area contributed by atoms with Crippen LogP contribution in [0.1, 0.15) is 71.1 Å². The summed E-state index contributed by atoms with van der Waals surface area (Å²) >= 11 is 0. The van der Waals surface area contributed by atoms with Crippen LogP contribution in [0.5, 0.6) is 0 Å². The highest BCUT2D eigenvalue weighted by molar-refractivity contribution is 5.76. The second-order valence-corrected chi connectivity index (χ2v) is 5.93. The summed E-state index contributed by atoms with van der Waals surface area (Å²) in [6, 6.07) is 0. The number of hydrogen-bond acceptors (Lipinski definition) is 2. The lowest BCUT2D eigenvalue weighted by Crippen LogP contribution is -2.39. The predicted molar refractivity (Wildman–Crippen MR) is 81.0 cm³/mol. The van der Waals surface area contributed by atoms with Crippen LogP contribution in [0.3, 0.4) is 0 Å². The first kappa shape index (κ1) is 16.5. The van der Waals surface area contributed by atoms with Gasteiger partial charge < -0.3 is 10.6 Å². The fourth-order valence-corrected chi connectivity index (χ4v) is 2.81. The van der Waals surface area contributed by atoms with Crippen molar-refractivity contribution in [2.24, 2.45) is 11.7 Å². The summed E-state index contributed by atoms with van der Waals surface area (Å²) in [6.07, 6.45) is 11.9. The summed E-state index contributed by atoms with van der Waals surface area (Å²) in [5.74, 6) is 1.01. The van der Waals surface area contributed by atoms with E-state index in [9.17, 15) is 4.79 Å². The molecular weight excluding hydrogens is 236 g/mol. The Morgan fingerprint density at radius 2 is 1.63 bits per heavy atom. The van der Waals surface area contributed by atoms with Crippen molar-refractivity contribution in [3.63, 3.8) is 0 Å². The maximum atomic E-state index is 12.0. The first-order valence-corrected chi connectivity index (χ1v) is 8.25. The van der Waals surface area contributed by atoms with E-state index in [0.29, 0.717) is 11.8 Å². The number of piperidine rings is 1. The molecule has 3 heteroatoms. The van der Waals surface area contributed by atoms with Crippen LogP contribution in [0.2, 0.25) is 0 Å². The third kappa shape index (κ3) is 6.95. The number of unbranched alkanes of at least 4 members (excludes halogenated alkanes) is 6. The Kier molecular flexibility index (Phi) is 8.89. The minimum absolute atomic E-state index is 0.365. The topological polar surface area (TPSA) is 46.3 Å². The fourth-order valence-electron chi connectivity index (χ4n) is 2.81. The van der Waals surface area contributed by atoms with Gasteiger partial charge in [0.05, 0.1) is 0 Å². The van der Waals surface area contributed by atoms with E-state index in [2.05, 4.69) is 6.92 Å². The Morgan fingerprint density at radius 1 is 1.05 bits per heavy atom. The van der Waals surface area contributed by atoms with Gasteiger partial charge in [0.25, 0.3) is 0 Å². The van der Waals surface area contributed by atoms with Crippen LogP contribution in [-0.4, -0.2) is 30.4 Å². The lowest BCUT2D eigenvalue weighted by Gasteiger charge is -2.31. The van der Waals surface area contributed by atoms with E-state index in [1.807, 2.05) is 4.90 Å². The van der Waals surface area contributed by atoms with Gasteiger partial charge in [-0.3, -0.25) is 4.79 Å². The Labute approximate surface area is 118 Å². The normalized spacial score (nSPS) is 16.8. The van der Waals surface area contributed by atoms with Gasteiger partial charge in [0.2, 0.25) is 5.91 Å². The molecule has 1 heterocycles. The molecule has 1 amide bonds. The molecular formula is C16H32N2O. The van der Waals surface area contributed by atoms with E-state index in [1.165, 1.54) is 38.5 Å². The number of carbonyl (C=O) groups is 1. The molecule has 0 aromatic heterocycles. The second-order valence-electron chi connectivity index (χ2n) is 5.93. The van der Waals surface area contributed by atoms with Crippen molar-refractivity contribution in [2.75, 3.05) is 19.6 Å². The van der Waals surface area contributed by atoms with Crippen LogP contribution in [0.25, 0.3) is 0 Å². The number of nitrogens with zero attached hydrogens (tertiary/aromatic N) is 1. The lowest BCUT2D eigenvalue weighted by molar-refractivity contribution is -0.132. The summed E-state index contributed by atoms with van der Waals surface area (Å²) in [7, 11) is 0. The molecule has 3 nitrogen and oxygen atoms in total. The van der Waals surface area contributed by atoms with Crippen molar-refractivity contribution in [1.29, 1.82) is 0 Å². The Hall–Kier alpha value is -0.570. The summed E-state index contributed by atoms with van der Waals surface area (Å²) < 4.78 is 0. The van der Waals surface area contributed by atoms with Gasteiger partial charge in [-0.1, -0.05) is 45.4 Å². The zero-order valence-electron chi connectivity index (χ0n) is 12.7. The minimum atomic E-state index is 0.365. The number of amides is 1. The molecule has 1 rings (SSSR count). The summed E-state index contributed by atoms with van der Waals surface area (Å²) in [4.78, 5) is 14.1. The lowest BCUT2D eigenvalue weighted by atomic mass is 9.97. The molecule has 1 aliphatic rings. The smallest absolute Gasteiger partial charge is 0.222 e. The van der Waals surface area contributed by atoms with Crippen molar-refractivity contribution < 1.29 is 4.79 Å². The van der Waals surface area contributed by atoms with Crippen molar-refractivity contribution in [2.45, 2.75) is 71.1 Å². The number of likely N-dealkylation sites (tertiary alicyclic amines) is 1. The van der Waals surface area contributed by atoms with Crippen LogP contribution in [-0.2, 0) is 4.79 Å². The maximum absolute atomic E-state index is 12.0. The minimum Gasteiger partial charge on any atom is -0.343 e. The van der Waals surface area contributed by atoms with Gasteiger partial charge >= 0.3 is 0 Å². The quantitative estimate of drug-likeness (QED) is 0.652. The Balaban J connectivity index is 1.99. The fraction of sp³-hybridized carbons (Fsp3) is 0.938. The van der Waals surface area contributed by atoms with Crippen LogP contribution >= 0.6 is 0 Å². The SMILES string of the molecule is CCCCCCCCCC(=O)N1CCC(CN)CC1. The highest BCUT2D eigenvalue weighted by Crippen LogP contribution is 2.17. The van der Waals surface area contributed by atoms with Crippen molar-refractivity contribution in [1.82, 2.24) is 4.90 Å². The molecule has 112 valence electrons. The van der Waals surface area contributed by atoms with E-state index in [-0.39, 0.29) is 0 Å². The van der Waals surface area contributed by atoms with Crippen LogP contribution < -0.4 is 5.73 Å². The molecule has 0 aromatic rings. The molecule has 19 heavy (non-hydrogen) atoms. The molecule has 0 aliphatic carbocycles. The van der Waals surface area contributed by atoms with E-state index >= 15 is 0 Å². The van der Waals surface area contributed by atoms with Gasteiger partial charge in [0, 0.05) is 19.5 Å². The number of hydrogen-bond donors (Lipinski definition) is 1. The molecule has 0 aromatic carbocycles. The van der Waals surface area contributed by atoms with Gasteiger partial charge in [0.1, 0.15) is 0 Å². The highest BCUT2D eigenvalue weighted by Gasteiger charge is 2.21. The third-order valence-electron chi connectivity index (χ3n) is 4.29. The van der Waals surface area contributed by atoms with Gasteiger partial charge in [-0.25, -0.2) is 0 Å². The van der Waals surface area contributed by atoms with Crippen molar-refractivity contribution in [3.05, 3.63) is 0 Å². The Bertz CT molecular complexity index is 235. The molecule has 0 bridgehead atoms. The monoisotopic (exact) mass is 268 g/mol. The molecule has 2 N–H and O–H groups in total. The first-order valence-electron chi connectivity index (χ1n) is 8.25. The van der Waals surface area contributed by atoms with Crippen molar-refractivity contribution in [3.8, 4) is 0 Å². The molecule has 1 saturated heterocycles. The van der Waals surface area contributed by atoms with E-state index in [4.69, 9.17) is 5.73 Å². The predicted octanol–water partition coefficient (Wildman–Crippen LogP) is 3.32. The zero-order valence-corrected chi connectivity index (χ0v) is 12.7. The summed E-state index contributed by atoms with van der Waals surface area (Å²) in [5, 5.41) is 0. The Morgan fingerprint density at radius 3 is 2.21 bits per heavy atom. The number of nitrogens with two attached hydrogens (primary N) is 1. The van der Waals surface area contributed by atoms with Crippen LogP contribution in [0, 0.1) is 5.92 Å². The average molecular weight is 268 g/mol. The van der Waals surface area contributed by atoms with Gasteiger partial charge in [-0.05, 0) is 31.7 Å². The largest absolute Gasteiger partial charge is 0.343 e. The van der Waals surface area contributed by atoms with Gasteiger partial charge in [0.15, 0.2) is 0 Å². The number of rotatable bonds is 9. The molecule has 0 saturated carbocycles. The van der Waals surface area contributed by atoms with Crippen LogP contribution in [0.4, 0.5) is 0 Å². The van der Waals surface area contributed by atoms with Gasteiger partial charge in [-0.15, -0.1) is 0 Å². The highest BCUT2D eigenvalue weighted by atomic mass is 16.2. The molecule has 0 atom stereocenters. The molecule has 1 aliphatic heterocycles. The van der Waals surface area contributed by atoms with E-state index < -0.39 is 0 Å². The standard InChI is InChI=1S/C16H32N2O/c1-2-3-4-5-6-7-8-9-16(19)18-12-10-15(14-17)11-13-18/h15H,2-14,17H2,1H3. The maximum Gasteiger partial charge on any atom is 0.222 e. The molecule has 0 spiro atoms. The van der Waals surface area contributed by atoms with Crippen LogP contribution in [0.15, 0.2) is 0 Å². The first-order chi connectivity index (χ1) is 9.27. The summed E-state index contributed by atoms with van der Waals surface area (Å²) in [5.41, 5.74) is 5.67.